The number of carbonyl (C=O) groups excluding carboxylic acids is 2. The van der Waals surface area contributed by atoms with E-state index >= 15 is 0 Å². The zero-order chi connectivity index (χ0) is 18.7. The molecule has 0 spiro atoms. The summed E-state index contributed by atoms with van der Waals surface area (Å²) >= 11 is 5.59. The van der Waals surface area contributed by atoms with Crippen LogP contribution in [0.4, 0.5) is 25.8 Å². The molecule has 130 valence electrons. The van der Waals surface area contributed by atoms with E-state index in [-0.39, 0.29) is 22.7 Å². The van der Waals surface area contributed by atoms with Crippen molar-refractivity contribution >= 4 is 41.0 Å². The largest absolute Gasteiger partial charge is 0.323 e. The number of amides is 2. The number of anilines is 2. The Balaban J connectivity index is 2.52. The number of nitrogens with zero attached hydrogens (tertiary/aromatic N) is 1. The van der Waals surface area contributed by atoms with Crippen molar-refractivity contribution in [2.24, 2.45) is 0 Å². The van der Waals surface area contributed by atoms with E-state index in [0.717, 1.165) is 12.1 Å². The van der Waals surface area contributed by atoms with Gasteiger partial charge in [0.1, 0.15) is 22.9 Å². The second kappa shape index (κ2) is 7.22. The number of hydrogen-bond donors (Lipinski definition) is 2. The summed E-state index contributed by atoms with van der Waals surface area (Å²) in [6.45, 7) is 1.22. The minimum atomic E-state index is -1.03. The van der Waals surface area contributed by atoms with Crippen LogP contribution in [0, 0.1) is 28.7 Å². The van der Waals surface area contributed by atoms with Crippen LogP contribution in [-0.4, -0.2) is 17.2 Å². The van der Waals surface area contributed by atoms with Gasteiger partial charge in [-0.3, -0.25) is 19.7 Å². The molecule has 10 heteroatoms. The summed E-state index contributed by atoms with van der Waals surface area (Å²) < 4.78 is 27.1. The second-order valence-corrected chi connectivity index (χ2v) is 5.26. The van der Waals surface area contributed by atoms with Gasteiger partial charge >= 0.3 is 5.69 Å². The van der Waals surface area contributed by atoms with Crippen LogP contribution in [0.25, 0.3) is 0 Å². The molecule has 0 saturated carbocycles. The van der Waals surface area contributed by atoms with Gasteiger partial charge in [0.15, 0.2) is 0 Å². The van der Waals surface area contributed by atoms with Gasteiger partial charge < -0.3 is 10.6 Å². The van der Waals surface area contributed by atoms with Crippen molar-refractivity contribution in [1.82, 2.24) is 0 Å². The average molecular weight is 370 g/mol. The fourth-order valence-electron chi connectivity index (χ4n) is 2.11. The molecule has 7 nitrogen and oxygen atoms in total. The fourth-order valence-corrected chi connectivity index (χ4v) is 2.29. The number of nitro groups is 1. The Morgan fingerprint density at radius 1 is 1.28 bits per heavy atom. The van der Waals surface area contributed by atoms with E-state index in [1.807, 2.05) is 5.32 Å². The van der Waals surface area contributed by atoms with Crippen LogP contribution in [0.3, 0.4) is 0 Å². The van der Waals surface area contributed by atoms with Gasteiger partial charge in [0, 0.05) is 11.3 Å². The summed E-state index contributed by atoms with van der Waals surface area (Å²) in [6.07, 6.45) is 0.135. The first-order chi connectivity index (χ1) is 11.8. The highest BCUT2D eigenvalue weighted by atomic mass is 35.5. The van der Waals surface area contributed by atoms with Crippen LogP contribution in [0.2, 0.25) is 5.02 Å². The number of carbonyl (C=O) groups is 2. The normalized spacial score (nSPS) is 10.2. The Labute approximate surface area is 144 Å². The molecule has 0 heterocycles. The van der Waals surface area contributed by atoms with Gasteiger partial charge in [-0.2, -0.15) is 0 Å². The van der Waals surface area contributed by atoms with Crippen molar-refractivity contribution in [3.05, 3.63) is 62.2 Å². The van der Waals surface area contributed by atoms with Gasteiger partial charge in [-0.05, 0) is 31.2 Å². The Kier molecular flexibility index (Phi) is 5.28. The summed E-state index contributed by atoms with van der Waals surface area (Å²) in [5.41, 5.74) is -1.95. The predicted molar refractivity (Wildman–Crippen MR) is 86.8 cm³/mol. The number of halogens is 3. The number of nitro benzene ring substituents is 1. The Morgan fingerprint density at radius 2 is 1.96 bits per heavy atom. The van der Waals surface area contributed by atoms with E-state index in [9.17, 15) is 28.5 Å². The van der Waals surface area contributed by atoms with Crippen LogP contribution >= 0.6 is 11.6 Å². The molecule has 0 fully saturated rings. The first-order valence-electron chi connectivity index (χ1n) is 6.70. The molecule has 0 aromatic heterocycles. The van der Waals surface area contributed by atoms with E-state index in [4.69, 9.17) is 11.6 Å². The maximum atomic E-state index is 14.0. The van der Waals surface area contributed by atoms with Crippen LogP contribution in [0.5, 0.6) is 0 Å². The highest BCUT2D eigenvalue weighted by molar-refractivity contribution is 6.31. The quantitative estimate of drug-likeness (QED) is 0.477. The van der Waals surface area contributed by atoms with E-state index in [1.165, 1.54) is 13.0 Å². The molecule has 0 radical (unpaired) electrons. The van der Waals surface area contributed by atoms with Gasteiger partial charge in [0.2, 0.25) is 6.41 Å². The molecule has 2 rings (SSSR count). The summed E-state index contributed by atoms with van der Waals surface area (Å²) in [7, 11) is 0. The topological polar surface area (TPSA) is 101 Å². The zero-order valence-corrected chi connectivity index (χ0v) is 13.4. The molecule has 2 aromatic rings. The number of rotatable bonds is 5. The Bertz CT molecular complexity index is 890. The molecule has 2 amide bonds. The maximum Gasteiger partial charge on any atom is 0.305 e. The van der Waals surface area contributed by atoms with Crippen LogP contribution in [0.1, 0.15) is 15.9 Å². The Hall–Kier alpha value is -3.07. The number of benzene rings is 2. The van der Waals surface area contributed by atoms with E-state index in [1.54, 1.807) is 0 Å². The number of nitrogens with one attached hydrogen (secondary N) is 2. The standard InChI is InChI=1S/C15H10ClF2N3O4/c1-7-12(18)5-9(14(21(24)25)13(7)19-6-22)15(23)20-8-2-3-11(17)10(16)4-8/h2-6H,1H3,(H,19,22)(H,20,23). The summed E-state index contributed by atoms with van der Waals surface area (Å²) in [4.78, 5) is 33.4. The summed E-state index contributed by atoms with van der Waals surface area (Å²) in [5, 5.41) is 15.3. The Morgan fingerprint density at radius 3 is 2.52 bits per heavy atom. The lowest BCUT2D eigenvalue weighted by atomic mass is 10.0. The predicted octanol–water partition coefficient (Wildman–Crippen LogP) is 3.66. The van der Waals surface area contributed by atoms with Crippen LogP contribution in [-0.2, 0) is 4.79 Å². The molecular formula is C15H10ClF2N3O4. The van der Waals surface area contributed by atoms with E-state index in [0.29, 0.717) is 6.07 Å². The smallest absolute Gasteiger partial charge is 0.305 e. The molecular weight excluding hydrogens is 360 g/mol. The van der Waals surface area contributed by atoms with Crippen molar-refractivity contribution in [3.8, 4) is 0 Å². The second-order valence-electron chi connectivity index (χ2n) is 4.86. The van der Waals surface area contributed by atoms with Gasteiger partial charge in [-0.25, -0.2) is 8.78 Å². The van der Waals surface area contributed by atoms with Crippen LogP contribution < -0.4 is 10.6 Å². The minimum Gasteiger partial charge on any atom is -0.323 e. The lowest BCUT2D eigenvalue weighted by Crippen LogP contribution is -2.16. The van der Waals surface area contributed by atoms with Gasteiger partial charge in [-0.15, -0.1) is 0 Å². The monoisotopic (exact) mass is 369 g/mol. The van der Waals surface area contributed by atoms with Crippen molar-refractivity contribution in [1.29, 1.82) is 0 Å². The molecule has 0 unspecified atom stereocenters. The van der Waals surface area contributed by atoms with E-state index in [2.05, 4.69) is 5.32 Å². The molecule has 2 aromatic carbocycles. The minimum absolute atomic E-state index is 0.0524. The third kappa shape index (κ3) is 3.72. The van der Waals surface area contributed by atoms with Gasteiger partial charge in [0.25, 0.3) is 5.91 Å². The number of hydrogen-bond acceptors (Lipinski definition) is 4. The first kappa shape index (κ1) is 18.3. The molecule has 0 aliphatic heterocycles. The van der Waals surface area contributed by atoms with Crippen LogP contribution in [0.15, 0.2) is 24.3 Å². The average Bonchev–Trinajstić information content (AvgIpc) is 2.54. The van der Waals surface area contributed by atoms with Crippen molar-refractivity contribution < 1.29 is 23.3 Å². The van der Waals surface area contributed by atoms with Gasteiger partial charge in [-0.1, -0.05) is 11.6 Å². The molecule has 0 aliphatic rings. The highest BCUT2D eigenvalue weighted by Gasteiger charge is 2.29. The molecule has 0 aliphatic carbocycles. The summed E-state index contributed by atoms with van der Waals surface area (Å²) in [5.74, 6) is -2.66. The lowest BCUT2D eigenvalue weighted by molar-refractivity contribution is -0.384. The molecule has 0 atom stereocenters. The third-order valence-corrected chi connectivity index (χ3v) is 3.59. The van der Waals surface area contributed by atoms with Crippen molar-refractivity contribution in [2.75, 3.05) is 10.6 Å². The molecule has 0 saturated heterocycles. The molecule has 0 bridgehead atoms. The zero-order valence-electron chi connectivity index (χ0n) is 12.6. The van der Waals surface area contributed by atoms with E-state index < -0.39 is 39.4 Å². The van der Waals surface area contributed by atoms with Crippen molar-refractivity contribution in [2.45, 2.75) is 6.92 Å². The molecule has 25 heavy (non-hydrogen) atoms. The summed E-state index contributed by atoms with van der Waals surface area (Å²) in [6, 6.07) is 3.95. The highest BCUT2D eigenvalue weighted by Crippen LogP contribution is 2.34. The maximum absolute atomic E-state index is 14.0. The molecule has 2 N–H and O–H groups in total. The lowest BCUT2D eigenvalue weighted by Gasteiger charge is -2.11. The fraction of sp³-hybridized carbons (Fsp3) is 0.0667. The van der Waals surface area contributed by atoms with Crippen molar-refractivity contribution in [3.63, 3.8) is 0 Å². The first-order valence-corrected chi connectivity index (χ1v) is 7.08. The SMILES string of the molecule is Cc1c(F)cc(C(=O)Nc2ccc(F)c(Cl)c2)c([N+](=O)[O-])c1NC=O. The third-order valence-electron chi connectivity index (χ3n) is 3.30. The van der Waals surface area contributed by atoms with Gasteiger partial charge in [0.05, 0.1) is 9.95 Å².